The van der Waals surface area contributed by atoms with E-state index in [9.17, 15) is 0 Å². The molecular formula is C17H18N2S. The summed E-state index contributed by atoms with van der Waals surface area (Å²) in [7, 11) is 0. The molecule has 0 aliphatic heterocycles. The van der Waals surface area contributed by atoms with Crippen molar-refractivity contribution in [2.45, 2.75) is 25.8 Å². The number of hydrogen-bond donors (Lipinski definition) is 2. The van der Waals surface area contributed by atoms with Crippen LogP contribution in [0.5, 0.6) is 0 Å². The highest BCUT2D eigenvalue weighted by molar-refractivity contribution is 7.80. The fraction of sp³-hybridized carbons (Fsp3) is 0.235. The van der Waals surface area contributed by atoms with Gasteiger partial charge < -0.3 is 10.6 Å². The maximum Gasteiger partial charge on any atom is 0.171 e. The van der Waals surface area contributed by atoms with Crippen molar-refractivity contribution in [3.63, 3.8) is 0 Å². The molecule has 3 rings (SSSR count). The Morgan fingerprint density at radius 1 is 1.00 bits per heavy atom. The minimum Gasteiger partial charge on any atom is -0.358 e. The van der Waals surface area contributed by atoms with Gasteiger partial charge in [-0.15, -0.1) is 0 Å². The predicted octanol–water partition coefficient (Wildman–Crippen LogP) is 3.66. The Hall–Kier alpha value is -1.87. The predicted molar refractivity (Wildman–Crippen MR) is 88.0 cm³/mol. The SMILES string of the molecule is S=C(NCc1ccccc1)Nc1ccc2c(c1)CCC2. The van der Waals surface area contributed by atoms with Gasteiger partial charge in [0.25, 0.3) is 0 Å². The van der Waals surface area contributed by atoms with E-state index in [1.165, 1.54) is 36.0 Å². The lowest BCUT2D eigenvalue weighted by Gasteiger charge is -2.11. The van der Waals surface area contributed by atoms with Crippen LogP contribution in [0.25, 0.3) is 0 Å². The minimum absolute atomic E-state index is 0.673. The number of rotatable bonds is 3. The molecule has 2 aromatic carbocycles. The van der Waals surface area contributed by atoms with Gasteiger partial charge in [0, 0.05) is 12.2 Å². The first-order chi connectivity index (χ1) is 9.81. The van der Waals surface area contributed by atoms with Crippen molar-refractivity contribution in [2.75, 3.05) is 5.32 Å². The molecule has 0 fully saturated rings. The van der Waals surface area contributed by atoms with E-state index < -0.39 is 0 Å². The second kappa shape index (κ2) is 6.06. The van der Waals surface area contributed by atoms with E-state index in [4.69, 9.17) is 12.2 Å². The molecule has 3 heteroatoms. The number of nitrogens with one attached hydrogen (secondary N) is 2. The topological polar surface area (TPSA) is 24.1 Å². The summed E-state index contributed by atoms with van der Waals surface area (Å²) in [6.07, 6.45) is 3.68. The van der Waals surface area contributed by atoms with E-state index in [2.05, 4.69) is 41.0 Å². The zero-order chi connectivity index (χ0) is 13.8. The van der Waals surface area contributed by atoms with Gasteiger partial charge in [0.05, 0.1) is 0 Å². The molecule has 0 radical (unpaired) electrons. The van der Waals surface area contributed by atoms with Crippen LogP contribution in [0.2, 0.25) is 0 Å². The summed E-state index contributed by atoms with van der Waals surface area (Å²) in [5.41, 5.74) is 5.25. The summed E-state index contributed by atoms with van der Waals surface area (Å²) < 4.78 is 0. The molecule has 20 heavy (non-hydrogen) atoms. The van der Waals surface area contributed by atoms with Gasteiger partial charge in [-0.05, 0) is 60.3 Å². The average Bonchev–Trinajstić information content (AvgIpc) is 2.94. The summed E-state index contributed by atoms with van der Waals surface area (Å²) in [6.45, 7) is 0.748. The molecule has 2 nitrogen and oxygen atoms in total. The summed E-state index contributed by atoms with van der Waals surface area (Å²) in [5.74, 6) is 0. The standard InChI is InChI=1S/C17H18N2S/c20-17(18-12-13-5-2-1-3-6-13)19-16-10-9-14-7-4-8-15(14)11-16/h1-3,5-6,9-11H,4,7-8,12H2,(H2,18,19,20). The van der Waals surface area contributed by atoms with E-state index in [0.29, 0.717) is 5.11 Å². The van der Waals surface area contributed by atoms with Crippen LogP contribution in [0.4, 0.5) is 5.69 Å². The average molecular weight is 282 g/mol. The quantitative estimate of drug-likeness (QED) is 0.840. The first kappa shape index (κ1) is 13.1. The van der Waals surface area contributed by atoms with Gasteiger partial charge >= 0.3 is 0 Å². The summed E-state index contributed by atoms with van der Waals surface area (Å²) in [6, 6.07) is 16.8. The molecule has 0 spiro atoms. The maximum atomic E-state index is 5.34. The van der Waals surface area contributed by atoms with Crippen molar-refractivity contribution in [3.8, 4) is 0 Å². The fourth-order valence-electron chi connectivity index (χ4n) is 2.60. The van der Waals surface area contributed by atoms with Crippen LogP contribution in [0.3, 0.4) is 0 Å². The molecule has 2 aromatic rings. The number of anilines is 1. The van der Waals surface area contributed by atoms with E-state index >= 15 is 0 Å². The van der Waals surface area contributed by atoms with Gasteiger partial charge in [-0.25, -0.2) is 0 Å². The third-order valence-electron chi connectivity index (χ3n) is 3.65. The number of thiocarbonyl (C=S) groups is 1. The van der Waals surface area contributed by atoms with Crippen molar-refractivity contribution in [3.05, 3.63) is 65.2 Å². The Bertz CT molecular complexity index is 608. The van der Waals surface area contributed by atoms with Gasteiger partial charge in [-0.2, -0.15) is 0 Å². The molecule has 0 saturated carbocycles. The molecule has 102 valence electrons. The summed E-state index contributed by atoms with van der Waals surface area (Å²) in [5, 5.41) is 7.17. The van der Waals surface area contributed by atoms with Crippen molar-refractivity contribution < 1.29 is 0 Å². The van der Waals surface area contributed by atoms with Gasteiger partial charge in [0.15, 0.2) is 5.11 Å². The molecule has 0 bridgehead atoms. The van der Waals surface area contributed by atoms with Gasteiger partial charge in [-0.1, -0.05) is 36.4 Å². The number of benzene rings is 2. The van der Waals surface area contributed by atoms with Crippen LogP contribution in [0.1, 0.15) is 23.1 Å². The minimum atomic E-state index is 0.673. The highest BCUT2D eigenvalue weighted by Gasteiger charge is 2.10. The molecule has 0 aromatic heterocycles. The molecular weight excluding hydrogens is 264 g/mol. The number of hydrogen-bond acceptors (Lipinski definition) is 1. The maximum absolute atomic E-state index is 5.34. The third-order valence-corrected chi connectivity index (χ3v) is 3.90. The van der Waals surface area contributed by atoms with Crippen LogP contribution >= 0.6 is 12.2 Å². The Balaban J connectivity index is 1.56. The lowest BCUT2D eigenvalue weighted by atomic mass is 10.1. The van der Waals surface area contributed by atoms with Crippen LogP contribution < -0.4 is 10.6 Å². The molecule has 1 aliphatic carbocycles. The highest BCUT2D eigenvalue weighted by atomic mass is 32.1. The lowest BCUT2D eigenvalue weighted by Crippen LogP contribution is -2.27. The molecule has 0 atom stereocenters. The Morgan fingerprint density at radius 3 is 2.65 bits per heavy atom. The van der Waals surface area contributed by atoms with Crippen molar-refractivity contribution in [2.24, 2.45) is 0 Å². The van der Waals surface area contributed by atoms with Gasteiger partial charge in [0.2, 0.25) is 0 Å². The first-order valence-electron chi connectivity index (χ1n) is 7.02. The molecule has 1 aliphatic rings. The third kappa shape index (κ3) is 3.17. The van der Waals surface area contributed by atoms with Gasteiger partial charge in [-0.3, -0.25) is 0 Å². The normalized spacial score (nSPS) is 12.8. The molecule has 0 amide bonds. The highest BCUT2D eigenvalue weighted by Crippen LogP contribution is 2.24. The second-order valence-electron chi connectivity index (χ2n) is 5.13. The van der Waals surface area contributed by atoms with E-state index in [1.54, 1.807) is 0 Å². The Kier molecular flexibility index (Phi) is 3.97. The van der Waals surface area contributed by atoms with Crippen molar-refractivity contribution >= 4 is 23.0 Å². The fourth-order valence-corrected chi connectivity index (χ4v) is 2.79. The van der Waals surface area contributed by atoms with Crippen LogP contribution in [-0.2, 0) is 19.4 Å². The number of fused-ring (bicyclic) bond motifs is 1. The Morgan fingerprint density at radius 2 is 1.80 bits per heavy atom. The summed E-state index contributed by atoms with van der Waals surface area (Å²) in [4.78, 5) is 0. The van der Waals surface area contributed by atoms with E-state index in [1.807, 2.05) is 18.2 Å². The molecule has 0 heterocycles. The lowest BCUT2D eigenvalue weighted by molar-refractivity contribution is 0.911. The van der Waals surface area contributed by atoms with E-state index in [-0.39, 0.29) is 0 Å². The van der Waals surface area contributed by atoms with Crippen molar-refractivity contribution in [1.29, 1.82) is 0 Å². The van der Waals surface area contributed by atoms with Gasteiger partial charge in [0.1, 0.15) is 0 Å². The van der Waals surface area contributed by atoms with Crippen molar-refractivity contribution in [1.82, 2.24) is 5.32 Å². The molecule has 0 unspecified atom stereocenters. The van der Waals surface area contributed by atoms with Crippen LogP contribution in [-0.4, -0.2) is 5.11 Å². The number of aryl methyl sites for hydroxylation is 2. The Labute approximate surface area is 125 Å². The second-order valence-corrected chi connectivity index (χ2v) is 5.54. The van der Waals surface area contributed by atoms with E-state index in [0.717, 1.165) is 12.2 Å². The first-order valence-corrected chi connectivity index (χ1v) is 7.43. The zero-order valence-corrected chi connectivity index (χ0v) is 12.2. The zero-order valence-electron chi connectivity index (χ0n) is 11.4. The molecule has 0 saturated heterocycles. The van der Waals surface area contributed by atoms with Crippen LogP contribution in [0, 0.1) is 0 Å². The smallest absolute Gasteiger partial charge is 0.171 e. The largest absolute Gasteiger partial charge is 0.358 e. The monoisotopic (exact) mass is 282 g/mol. The van der Waals surface area contributed by atoms with Crippen LogP contribution in [0.15, 0.2) is 48.5 Å². The molecule has 2 N–H and O–H groups in total. The summed E-state index contributed by atoms with van der Waals surface area (Å²) >= 11 is 5.34.